The molecule has 0 radical (unpaired) electrons. The van der Waals surface area contributed by atoms with E-state index >= 15 is 0 Å². The largest absolute Gasteiger partial charge is 0.468 e. The highest BCUT2D eigenvalue weighted by Crippen LogP contribution is 2.13. The Morgan fingerprint density at radius 3 is 3.00 bits per heavy atom. The Bertz CT molecular complexity index is 223. The number of hydrogen-bond acceptors (Lipinski definition) is 3. The first-order valence-electron chi connectivity index (χ1n) is 4.58. The molecule has 0 saturated carbocycles. The Morgan fingerprint density at radius 2 is 2.46 bits per heavy atom. The van der Waals surface area contributed by atoms with Crippen LogP contribution in [0.25, 0.3) is 0 Å². The molecule has 0 N–H and O–H groups in total. The van der Waals surface area contributed by atoms with Gasteiger partial charge in [-0.15, -0.1) is 0 Å². The highest BCUT2D eigenvalue weighted by atomic mass is 16.5. The predicted octanol–water partition coefficient (Wildman–Crippen LogP) is 1.06. The zero-order valence-corrected chi connectivity index (χ0v) is 8.54. The maximum atomic E-state index is 11.0. The highest BCUT2D eigenvalue weighted by Gasteiger charge is 2.17. The number of rotatable bonds is 2. The van der Waals surface area contributed by atoms with Crippen LogP contribution >= 0.6 is 0 Å². The van der Waals surface area contributed by atoms with Crippen LogP contribution in [-0.4, -0.2) is 37.6 Å². The highest BCUT2D eigenvalue weighted by molar-refractivity contribution is 5.71. The van der Waals surface area contributed by atoms with Crippen molar-refractivity contribution in [3.63, 3.8) is 0 Å². The summed E-state index contributed by atoms with van der Waals surface area (Å²) >= 11 is 0. The number of hydrogen-bond donors (Lipinski definition) is 0. The minimum Gasteiger partial charge on any atom is -0.468 e. The van der Waals surface area contributed by atoms with E-state index in [1.807, 2.05) is 0 Å². The quantitative estimate of drug-likeness (QED) is 0.473. The molecule has 1 aliphatic heterocycles. The third-order valence-corrected chi connectivity index (χ3v) is 2.17. The third kappa shape index (κ3) is 3.19. The van der Waals surface area contributed by atoms with E-state index < -0.39 is 0 Å². The molecule has 3 heteroatoms. The van der Waals surface area contributed by atoms with Crippen molar-refractivity contribution in [3.05, 3.63) is 11.6 Å². The lowest BCUT2D eigenvalue weighted by atomic mass is 10.0. The summed E-state index contributed by atoms with van der Waals surface area (Å²) in [5.74, 6) is 0.389. The van der Waals surface area contributed by atoms with Gasteiger partial charge in [0.05, 0.1) is 13.7 Å². The van der Waals surface area contributed by atoms with Crippen LogP contribution in [0.3, 0.4) is 0 Å². The van der Waals surface area contributed by atoms with E-state index in [1.54, 1.807) is 0 Å². The van der Waals surface area contributed by atoms with Crippen molar-refractivity contribution in [2.45, 2.75) is 13.8 Å². The molecule has 3 nitrogen and oxygen atoms in total. The molecule has 0 amide bonds. The van der Waals surface area contributed by atoms with Crippen LogP contribution in [0.5, 0.6) is 0 Å². The lowest BCUT2D eigenvalue weighted by Gasteiger charge is -2.28. The molecule has 1 aliphatic rings. The SMILES string of the molecule is COC(=O)CN1CC(C)=CC(C)C1. The van der Waals surface area contributed by atoms with Crippen LogP contribution in [0.4, 0.5) is 0 Å². The normalized spacial score (nSPS) is 23.9. The van der Waals surface area contributed by atoms with Gasteiger partial charge in [0, 0.05) is 13.1 Å². The van der Waals surface area contributed by atoms with Gasteiger partial charge in [-0.3, -0.25) is 9.69 Å². The van der Waals surface area contributed by atoms with Crippen molar-refractivity contribution >= 4 is 5.97 Å². The molecule has 0 aromatic heterocycles. The van der Waals surface area contributed by atoms with Crippen molar-refractivity contribution in [1.82, 2.24) is 4.90 Å². The number of ether oxygens (including phenoxy) is 1. The van der Waals surface area contributed by atoms with Crippen LogP contribution < -0.4 is 0 Å². The van der Waals surface area contributed by atoms with Crippen molar-refractivity contribution in [2.24, 2.45) is 5.92 Å². The maximum absolute atomic E-state index is 11.0. The predicted molar refractivity (Wildman–Crippen MR) is 51.4 cm³/mol. The summed E-state index contributed by atoms with van der Waals surface area (Å²) in [6.45, 7) is 6.50. The molecule has 13 heavy (non-hydrogen) atoms. The summed E-state index contributed by atoms with van der Waals surface area (Å²) < 4.78 is 4.62. The summed E-state index contributed by atoms with van der Waals surface area (Å²) in [4.78, 5) is 13.1. The second-order valence-electron chi connectivity index (χ2n) is 3.74. The van der Waals surface area contributed by atoms with Crippen molar-refractivity contribution in [1.29, 1.82) is 0 Å². The van der Waals surface area contributed by atoms with E-state index in [2.05, 4.69) is 29.6 Å². The van der Waals surface area contributed by atoms with Gasteiger partial charge in [0.1, 0.15) is 0 Å². The van der Waals surface area contributed by atoms with Crippen LogP contribution in [0.1, 0.15) is 13.8 Å². The van der Waals surface area contributed by atoms with E-state index in [1.165, 1.54) is 12.7 Å². The van der Waals surface area contributed by atoms with Crippen molar-refractivity contribution in [2.75, 3.05) is 26.7 Å². The van der Waals surface area contributed by atoms with Gasteiger partial charge in [-0.1, -0.05) is 18.6 Å². The Balaban J connectivity index is 2.45. The van der Waals surface area contributed by atoms with E-state index in [4.69, 9.17) is 0 Å². The van der Waals surface area contributed by atoms with Crippen molar-refractivity contribution in [3.8, 4) is 0 Å². The van der Waals surface area contributed by atoms with E-state index in [0.717, 1.165) is 13.1 Å². The molecule has 1 heterocycles. The number of carbonyl (C=O) groups excluding carboxylic acids is 1. The number of nitrogens with zero attached hydrogens (tertiary/aromatic N) is 1. The summed E-state index contributed by atoms with van der Waals surface area (Å²) in [5, 5.41) is 0. The van der Waals surface area contributed by atoms with Gasteiger partial charge in [0.15, 0.2) is 0 Å². The Morgan fingerprint density at radius 1 is 1.77 bits per heavy atom. The first kappa shape index (κ1) is 10.3. The lowest BCUT2D eigenvalue weighted by molar-refractivity contribution is -0.141. The Kier molecular flexibility index (Phi) is 3.48. The fraction of sp³-hybridized carbons (Fsp3) is 0.700. The van der Waals surface area contributed by atoms with Gasteiger partial charge in [0.2, 0.25) is 0 Å². The molecule has 0 fully saturated rings. The first-order chi connectivity index (χ1) is 6.11. The summed E-state index contributed by atoms with van der Waals surface area (Å²) in [7, 11) is 1.43. The Labute approximate surface area is 79.4 Å². The van der Waals surface area contributed by atoms with Crippen molar-refractivity contribution < 1.29 is 9.53 Å². The fourth-order valence-corrected chi connectivity index (χ4v) is 1.78. The first-order valence-corrected chi connectivity index (χ1v) is 4.58. The summed E-state index contributed by atoms with van der Waals surface area (Å²) in [6.07, 6.45) is 2.26. The van der Waals surface area contributed by atoms with Crippen LogP contribution in [0, 0.1) is 5.92 Å². The average Bonchev–Trinajstić information content (AvgIpc) is 2.02. The van der Waals surface area contributed by atoms with E-state index in [0.29, 0.717) is 12.5 Å². The van der Waals surface area contributed by atoms with Crippen LogP contribution in [-0.2, 0) is 9.53 Å². The van der Waals surface area contributed by atoms with Gasteiger partial charge >= 0.3 is 5.97 Å². The standard InChI is InChI=1S/C10H17NO2/c1-8-4-9(2)6-11(5-8)7-10(12)13-3/h4,8H,5-7H2,1-3H3. The number of methoxy groups -OCH3 is 1. The van der Waals surface area contributed by atoms with Crippen LogP contribution in [0.2, 0.25) is 0 Å². The van der Waals surface area contributed by atoms with Gasteiger partial charge in [0.25, 0.3) is 0 Å². The minimum absolute atomic E-state index is 0.151. The second-order valence-corrected chi connectivity index (χ2v) is 3.74. The molecule has 0 aromatic rings. The lowest BCUT2D eigenvalue weighted by Crippen LogP contribution is -2.37. The zero-order chi connectivity index (χ0) is 9.84. The molecule has 0 saturated heterocycles. The molecule has 0 aliphatic carbocycles. The third-order valence-electron chi connectivity index (χ3n) is 2.17. The topological polar surface area (TPSA) is 29.5 Å². The molecular formula is C10H17NO2. The van der Waals surface area contributed by atoms with Gasteiger partial charge < -0.3 is 4.74 Å². The summed E-state index contributed by atoms with van der Waals surface area (Å²) in [5.41, 5.74) is 1.34. The number of esters is 1. The van der Waals surface area contributed by atoms with Gasteiger partial charge in [-0.05, 0) is 12.8 Å². The molecule has 1 atom stereocenters. The molecule has 1 rings (SSSR count). The van der Waals surface area contributed by atoms with Gasteiger partial charge in [-0.2, -0.15) is 0 Å². The van der Waals surface area contributed by atoms with Crippen LogP contribution in [0.15, 0.2) is 11.6 Å². The molecule has 1 unspecified atom stereocenters. The summed E-state index contributed by atoms with van der Waals surface area (Å²) in [6, 6.07) is 0. The second kappa shape index (κ2) is 4.42. The molecule has 0 bridgehead atoms. The maximum Gasteiger partial charge on any atom is 0.319 e. The minimum atomic E-state index is -0.151. The fourth-order valence-electron chi connectivity index (χ4n) is 1.78. The molecule has 74 valence electrons. The number of carbonyl (C=O) groups is 1. The zero-order valence-electron chi connectivity index (χ0n) is 8.54. The molecule has 0 spiro atoms. The average molecular weight is 183 g/mol. The molecular weight excluding hydrogens is 166 g/mol. The smallest absolute Gasteiger partial charge is 0.319 e. The Hall–Kier alpha value is -0.830. The molecule has 0 aromatic carbocycles. The van der Waals surface area contributed by atoms with Gasteiger partial charge in [-0.25, -0.2) is 0 Å². The van der Waals surface area contributed by atoms with E-state index in [-0.39, 0.29) is 5.97 Å². The van der Waals surface area contributed by atoms with E-state index in [9.17, 15) is 4.79 Å². The monoisotopic (exact) mass is 183 g/mol.